The number of carboxylic acids is 1. The Balaban J connectivity index is 2.54. The average Bonchev–Trinajstić information content (AvgIpc) is 2.15. The normalized spacial score (nSPS) is 21.7. The number of aliphatic carboxylic acids is 1. The largest absolute Gasteiger partial charge is 0.548 e. The number of rotatable bonds is 1. The summed E-state index contributed by atoms with van der Waals surface area (Å²) in [6.45, 7) is 6.25. The molecule has 6 nitrogen and oxygen atoms in total. The summed E-state index contributed by atoms with van der Waals surface area (Å²) < 4.78 is 5.15. The van der Waals surface area contributed by atoms with Crippen LogP contribution in [0.25, 0.3) is 0 Å². The lowest BCUT2D eigenvalue weighted by atomic mass is 10.2. The van der Waals surface area contributed by atoms with Gasteiger partial charge in [0.25, 0.3) is 0 Å². The quantitative estimate of drug-likeness (QED) is 0.620. The minimum absolute atomic E-state index is 0.0806. The topological polar surface area (TPSA) is 81.7 Å². The van der Waals surface area contributed by atoms with Crippen molar-refractivity contribution in [3.63, 3.8) is 0 Å². The number of hydrogen-bond acceptors (Lipinski definition) is 5. The molecule has 1 fully saturated rings. The Kier molecular flexibility index (Phi) is 3.74. The Morgan fingerprint density at radius 3 is 2.56 bits per heavy atom. The van der Waals surface area contributed by atoms with Gasteiger partial charge in [0.05, 0.1) is 12.0 Å². The van der Waals surface area contributed by atoms with Crippen LogP contribution in [0.1, 0.15) is 20.8 Å². The molecule has 0 bridgehead atoms. The fraction of sp³-hybridized carbons (Fsp3) is 0.800. The van der Waals surface area contributed by atoms with E-state index < -0.39 is 23.7 Å². The zero-order valence-corrected chi connectivity index (χ0v) is 9.78. The first-order chi connectivity index (χ1) is 7.29. The van der Waals surface area contributed by atoms with Gasteiger partial charge < -0.3 is 24.9 Å². The molecule has 1 N–H and O–H groups in total. The molecular weight excluding hydrogens is 212 g/mol. The van der Waals surface area contributed by atoms with E-state index in [1.54, 1.807) is 20.8 Å². The van der Waals surface area contributed by atoms with Gasteiger partial charge in [-0.1, -0.05) is 0 Å². The first-order valence-corrected chi connectivity index (χ1v) is 5.22. The van der Waals surface area contributed by atoms with Crippen molar-refractivity contribution in [3.8, 4) is 0 Å². The van der Waals surface area contributed by atoms with Crippen LogP contribution in [-0.4, -0.2) is 48.2 Å². The SMILES string of the molecule is CC(C)(C)OC(=O)N1CCN[C@H](C(=O)[O-])C1. The molecule has 0 radical (unpaired) electrons. The highest BCUT2D eigenvalue weighted by Gasteiger charge is 2.27. The fourth-order valence-corrected chi connectivity index (χ4v) is 1.40. The molecule has 1 aliphatic rings. The maximum atomic E-state index is 11.6. The minimum atomic E-state index is -1.20. The Bertz CT molecular complexity index is 285. The average molecular weight is 229 g/mol. The molecule has 1 saturated heterocycles. The van der Waals surface area contributed by atoms with Gasteiger partial charge in [0.2, 0.25) is 0 Å². The number of carbonyl (C=O) groups excluding carboxylic acids is 2. The molecule has 0 aromatic rings. The number of nitrogens with zero attached hydrogens (tertiary/aromatic N) is 1. The summed E-state index contributed by atoms with van der Waals surface area (Å²) in [5.74, 6) is -1.20. The molecule has 1 rings (SSSR count). The molecule has 0 aromatic heterocycles. The molecule has 1 amide bonds. The van der Waals surface area contributed by atoms with Crippen molar-refractivity contribution in [2.75, 3.05) is 19.6 Å². The molecule has 92 valence electrons. The van der Waals surface area contributed by atoms with E-state index in [1.807, 2.05) is 0 Å². The van der Waals surface area contributed by atoms with E-state index in [2.05, 4.69) is 5.32 Å². The summed E-state index contributed by atoms with van der Waals surface area (Å²) >= 11 is 0. The molecule has 16 heavy (non-hydrogen) atoms. The van der Waals surface area contributed by atoms with Gasteiger partial charge in [-0.15, -0.1) is 0 Å². The number of carbonyl (C=O) groups is 2. The predicted octanol–water partition coefficient (Wildman–Crippen LogP) is -1.05. The molecule has 6 heteroatoms. The number of hydrogen-bond donors (Lipinski definition) is 1. The third-order valence-corrected chi connectivity index (χ3v) is 2.11. The smallest absolute Gasteiger partial charge is 0.410 e. The molecule has 1 heterocycles. The lowest BCUT2D eigenvalue weighted by molar-refractivity contribution is -0.309. The Labute approximate surface area is 94.6 Å². The Hall–Kier alpha value is -1.30. The van der Waals surface area contributed by atoms with Gasteiger partial charge in [-0.2, -0.15) is 0 Å². The molecule has 0 aliphatic carbocycles. The summed E-state index contributed by atoms with van der Waals surface area (Å²) in [6, 6.07) is -0.818. The van der Waals surface area contributed by atoms with Crippen molar-refractivity contribution in [3.05, 3.63) is 0 Å². The van der Waals surface area contributed by atoms with Crippen LogP contribution in [0.3, 0.4) is 0 Å². The molecule has 0 unspecified atom stereocenters. The van der Waals surface area contributed by atoms with Crippen LogP contribution in [0.2, 0.25) is 0 Å². The molecule has 0 spiro atoms. The van der Waals surface area contributed by atoms with Gasteiger partial charge in [-0.3, -0.25) is 0 Å². The van der Waals surface area contributed by atoms with Gasteiger partial charge in [0, 0.05) is 19.6 Å². The molecular formula is C10H17N2O4-. The zero-order chi connectivity index (χ0) is 12.3. The number of amides is 1. The maximum Gasteiger partial charge on any atom is 0.410 e. The fourth-order valence-electron chi connectivity index (χ4n) is 1.40. The van der Waals surface area contributed by atoms with Crippen LogP contribution in [-0.2, 0) is 9.53 Å². The number of carboxylic acid groups (broad SMARTS) is 1. The third kappa shape index (κ3) is 3.69. The van der Waals surface area contributed by atoms with Crippen molar-refractivity contribution in [1.82, 2.24) is 10.2 Å². The van der Waals surface area contributed by atoms with Crippen LogP contribution in [0.4, 0.5) is 4.79 Å². The highest BCUT2D eigenvalue weighted by Crippen LogP contribution is 2.11. The first-order valence-electron chi connectivity index (χ1n) is 5.22. The predicted molar refractivity (Wildman–Crippen MR) is 54.6 cm³/mol. The summed E-state index contributed by atoms with van der Waals surface area (Å²) in [4.78, 5) is 23.7. The van der Waals surface area contributed by atoms with Crippen molar-refractivity contribution < 1.29 is 19.4 Å². The highest BCUT2D eigenvalue weighted by atomic mass is 16.6. The van der Waals surface area contributed by atoms with E-state index in [4.69, 9.17) is 4.74 Å². The van der Waals surface area contributed by atoms with Crippen LogP contribution in [0, 0.1) is 0 Å². The second kappa shape index (κ2) is 4.69. The summed E-state index contributed by atoms with van der Waals surface area (Å²) in [5, 5.41) is 13.4. The van der Waals surface area contributed by atoms with Gasteiger partial charge >= 0.3 is 6.09 Å². The van der Waals surface area contributed by atoms with Crippen LogP contribution < -0.4 is 10.4 Å². The van der Waals surface area contributed by atoms with E-state index >= 15 is 0 Å². The van der Waals surface area contributed by atoms with Crippen LogP contribution in [0.15, 0.2) is 0 Å². The van der Waals surface area contributed by atoms with Gasteiger partial charge in [0.15, 0.2) is 0 Å². The number of piperazine rings is 1. The van der Waals surface area contributed by atoms with Crippen molar-refractivity contribution in [1.29, 1.82) is 0 Å². The van der Waals surface area contributed by atoms with E-state index in [-0.39, 0.29) is 6.54 Å². The van der Waals surface area contributed by atoms with E-state index in [1.165, 1.54) is 4.90 Å². The monoisotopic (exact) mass is 229 g/mol. The first kappa shape index (κ1) is 12.8. The highest BCUT2D eigenvalue weighted by molar-refractivity contribution is 5.74. The molecule has 1 aliphatic heterocycles. The van der Waals surface area contributed by atoms with Gasteiger partial charge in [-0.05, 0) is 20.8 Å². The number of ether oxygens (including phenoxy) is 1. The summed E-state index contributed by atoms with van der Waals surface area (Å²) in [7, 11) is 0. The second-order valence-electron chi connectivity index (χ2n) is 4.75. The Morgan fingerprint density at radius 2 is 2.06 bits per heavy atom. The van der Waals surface area contributed by atoms with Crippen molar-refractivity contribution >= 4 is 12.1 Å². The summed E-state index contributed by atoms with van der Waals surface area (Å²) in [6.07, 6.45) is -0.486. The molecule has 0 aromatic carbocycles. The molecule has 0 saturated carbocycles. The van der Waals surface area contributed by atoms with Crippen molar-refractivity contribution in [2.45, 2.75) is 32.4 Å². The van der Waals surface area contributed by atoms with Gasteiger partial charge in [0.1, 0.15) is 5.60 Å². The van der Waals surface area contributed by atoms with Crippen LogP contribution >= 0.6 is 0 Å². The third-order valence-electron chi connectivity index (χ3n) is 2.11. The lowest BCUT2D eigenvalue weighted by Crippen LogP contribution is -2.59. The van der Waals surface area contributed by atoms with E-state index in [9.17, 15) is 14.7 Å². The van der Waals surface area contributed by atoms with Gasteiger partial charge in [-0.25, -0.2) is 4.79 Å². The van der Waals surface area contributed by atoms with Crippen LogP contribution in [0.5, 0.6) is 0 Å². The second-order valence-corrected chi connectivity index (χ2v) is 4.75. The van der Waals surface area contributed by atoms with E-state index in [0.717, 1.165) is 0 Å². The van der Waals surface area contributed by atoms with E-state index in [0.29, 0.717) is 13.1 Å². The number of nitrogens with one attached hydrogen (secondary N) is 1. The minimum Gasteiger partial charge on any atom is -0.548 e. The van der Waals surface area contributed by atoms with Crippen molar-refractivity contribution in [2.24, 2.45) is 0 Å². The maximum absolute atomic E-state index is 11.6. The zero-order valence-electron chi connectivity index (χ0n) is 9.78. The lowest BCUT2D eigenvalue weighted by Gasteiger charge is -2.35. The molecule has 1 atom stereocenters. The summed E-state index contributed by atoms with van der Waals surface area (Å²) in [5.41, 5.74) is -0.571. The Morgan fingerprint density at radius 1 is 1.44 bits per heavy atom. The standard InChI is InChI=1S/C10H18N2O4/c1-10(2,3)16-9(15)12-5-4-11-7(6-12)8(13)14/h7,11H,4-6H2,1-3H3,(H,13,14)/p-1/t7-/m0/s1.